The van der Waals surface area contributed by atoms with Gasteiger partial charge in [-0.3, -0.25) is 9.48 Å². The smallest absolute Gasteiger partial charge is 0.274 e. The van der Waals surface area contributed by atoms with Gasteiger partial charge in [0, 0.05) is 44.8 Å². The van der Waals surface area contributed by atoms with Crippen LogP contribution in [0.25, 0.3) is 10.9 Å². The first-order chi connectivity index (χ1) is 13.5. The van der Waals surface area contributed by atoms with Gasteiger partial charge in [-0.25, -0.2) is 9.97 Å². The SMILES string of the molecule is Cc1cc(C(=O)N(C)CC2CCN(c3ncnc4ccccc34)CC2)nn1C. The maximum absolute atomic E-state index is 12.6. The highest BCUT2D eigenvalue weighted by atomic mass is 16.2. The predicted octanol–water partition coefficient (Wildman–Crippen LogP) is 2.66. The van der Waals surface area contributed by atoms with Gasteiger partial charge in [-0.1, -0.05) is 12.1 Å². The van der Waals surface area contributed by atoms with Gasteiger partial charge in [0.1, 0.15) is 12.1 Å². The summed E-state index contributed by atoms with van der Waals surface area (Å²) in [7, 11) is 3.73. The van der Waals surface area contributed by atoms with Gasteiger partial charge in [-0.2, -0.15) is 5.10 Å². The number of hydrogen-bond acceptors (Lipinski definition) is 5. The number of carbonyl (C=O) groups is 1. The predicted molar refractivity (Wildman–Crippen MR) is 109 cm³/mol. The zero-order chi connectivity index (χ0) is 19.7. The third kappa shape index (κ3) is 3.56. The van der Waals surface area contributed by atoms with E-state index in [-0.39, 0.29) is 5.91 Å². The van der Waals surface area contributed by atoms with Crippen molar-refractivity contribution in [3.05, 3.63) is 48.0 Å². The minimum Gasteiger partial charge on any atom is -0.356 e. The Morgan fingerprint density at radius 1 is 1.21 bits per heavy atom. The Bertz CT molecular complexity index is 965. The molecule has 1 aromatic carbocycles. The van der Waals surface area contributed by atoms with Gasteiger partial charge in [-0.15, -0.1) is 0 Å². The summed E-state index contributed by atoms with van der Waals surface area (Å²) < 4.78 is 1.74. The summed E-state index contributed by atoms with van der Waals surface area (Å²) in [6.07, 6.45) is 3.72. The van der Waals surface area contributed by atoms with Crippen molar-refractivity contribution in [3.8, 4) is 0 Å². The summed E-state index contributed by atoms with van der Waals surface area (Å²) in [5.74, 6) is 1.49. The topological polar surface area (TPSA) is 67.2 Å². The van der Waals surface area contributed by atoms with E-state index in [4.69, 9.17) is 0 Å². The van der Waals surface area contributed by atoms with Crippen LogP contribution >= 0.6 is 0 Å². The van der Waals surface area contributed by atoms with E-state index in [0.717, 1.165) is 54.9 Å². The molecule has 3 aromatic rings. The van der Waals surface area contributed by atoms with E-state index in [1.54, 1.807) is 11.0 Å². The minimum atomic E-state index is -0.00655. The molecule has 0 spiro atoms. The number of nitrogens with zero attached hydrogens (tertiary/aromatic N) is 6. The summed E-state index contributed by atoms with van der Waals surface area (Å²) in [4.78, 5) is 25.7. The van der Waals surface area contributed by atoms with Gasteiger partial charge in [0.2, 0.25) is 0 Å². The molecule has 0 bridgehead atoms. The average Bonchev–Trinajstić information content (AvgIpc) is 3.06. The largest absolute Gasteiger partial charge is 0.356 e. The number of carbonyl (C=O) groups excluding carboxylic acids is 1. The van der Waals surface area contributed by atoms with E-state index in [1.807, 2.05) is 50.2 Å². The van der Waals surface area contributed by atoms with Gasteiger partial charge in [0.25, 0.3) is 5.91 Å². The van der Waals surface area contributed by atoms with E-state index in [0.29, 0.717) is 11.6 Å². The summed E-state index contributed by atoms with van der Waals surface area (Å²) >= 11 is 0. The van der Waals surface area contributed by atoms with Crippen LogP contribution in [0.5, 0.6) is 0 Å². The molecule has 146 valence electrons. The van der Waals surface area contributed by atoms with Gasteiger partial charge in [0.05, 0.1) is 5.52 Å². The van der Waals surface area contributed by atoms with E-state index < -0.39 is 0 Å². The molecule has 4 rings (SSSR count). The Morgan fingerprint density at radius 2 is 1.96 bits per heavy atom. The highest BCUT2D eigenvalue weighted by molar-refractivity contribution is 5.92. The second-order valence-corrected chi connectivity index (χ2v) is 7.63. The van der Waals surface area contributed by atoms with Crippen molar-refractivity contribution in [2.24, 2.45) is 13.0 Å². The average molecular weight is 378 g/mol. The first-order valence-electron chi connectivity index (χ1n) is 9.73. The molecule has 0 atom stereocenters. The van der Waals surface area contributed by atoms with E-state index in [2.05, 4.69) is 26.0 Å². The Hall–Kier alpha value is -2.96. The summed E-state index contributed by atoms with van der Waals surface area (Å²) in [5.41, 5.74) is 2.49. The van der Waals surface area contributed by atoms with Crippen LogP contribution in [-0.2, 0) is 7.05 Å². The Morgan fingerprint density at radius 3 is 2.68 bits per heavy atom. The number of anilines is 1. The van der Waals surface area contributed by atoms with Crippen LogP contribution in [0.15, 0.2) is 36.7 Å². The molecule has 3 heterocycles. The van der Waals surface area contributed by atoms with Crippen molar-refractivity contribution in [2.75, 3.05) is 31.6 Å². The molecule has 0 aliphatic carbocycles. The molecule has 1 amide bonds. The fraction of sp³-hybridized carbons (Fsp3) is 0.429. The van der Waals surface area contributed by atoms with Gasteiger partial charge in [-0.05, 0) is 43.9 Å². The molecule has 7 heteroatoms. The van der Waals surface area contributed by atoms with Crippen LogP contribution in [-0.4, -0.2) is 57.2 Å². The molecule has 0 radical (unpaired) electrons. The zero-order valence-corrected chi connectivity index (χ0v) is 16.7. The number of para-hydroxylation sites is 1. The molecule has 1 saturated heterocycles. The van der Waals surface area contributed by atoms with Gasteiger partial charge in [0.15, 0.2) is 5.69 Å². The van der Waals surface area contributed by atoms with E-state index in [9.17, 15) is 4.79 Å². The van der Waals surface area contributed by atoms with Crippen molar-refractivity contribution in [1.82, 2.24) is 24.6 Å². The Labute approximate surface area is 165 Å². The number of benzene rings is 1. The number of hydrogen-bond donors (Lipinski definition) is 0. The van der Waals surface area contributed by atoms with Crippen molar-refractivity contribution < 1.29 is 4.79 Å². The fourth-order valence-electron chi connectivity index (χ4n) is 3.90. The first-order valence-corrected chi connectivity index (χ1v) is 9.73. The lowest BCUT2D eigenvalue weighted by molar-refractivity contribution is 0.0758. The molecule has 0 N–H and O–H groups in total. The maximum atomic E-state index is 12.6. The van der Waals surface area contributed by atoms with Crippen LogP contribution in [0, 0.1) is 12.8 Å². The Kier molecular flexibility index (Phi) is 4.98. The second-order valence-electron chi connectivity index (χ2n) is 7.63. The van der Waals surface area contributed by atoms with Crippen molar-refractivity contribution in [2.45, 2.75) is 19.8 Å². The number of amides is 1. The maximum Gasteiger partial charge on any atom is 0.274 e. The van der Waals surface area contributed by atoms with Gasteiger partial charge >= 0.3 is 0 Å². The van der Waals surface area contributed by atoms with Crippen molar-refractivity contribution >= 4 is 22.6 Å². The number of aryl methyl sites for hydroxylation is 2. The molecule has 1 aliphatic heterocycles. The molecular formula is C21H26N6O. The zero-order valence-electron chi connectivity index (χ0n) is 16.7. The summed E-state index contributed by atoms with van der Waals surface area (Å²) in [5, 5.41) is 5.41. The lowest BCUT2D eigenvalue weighted by Gasteiger charge is -2.34. The van der Waals surface area contributed by atoms with E-state index in [1.165, 1.54) is 0 Å². The monoisotopic (exact) mass is 378 g/mol. The summed E-state index contributed by atoms with van der Waals surface area (Å²) in [6, 6.07) is 9.98. The number of fused-ring (bicyclic) bond motifs is 1. The normalized spacial score (nSPS) is 15.2. The second kappa shape index (κ2) is 7.58. The molecule has 7 nitrogen and oxygen atoms in total. The lowest BCUT2D eigenvalue weighted by Crippen LogP contribution is -2.40. The molecule has 1 fully saturated rings. The van der Waals surface area contributed by atoms with Crippen molar-refractivity contribution in [3.63, 3.8) is 0 Å². The van der Waals surface area contributed by atoms with E-state index >= 15 is 0 Å². The lowest BCUT2D eigenvalue weighted by atomic mass is 9.96. The number of aromatic nitrogens is 4. The minimum absolute atomic E-state index is 0.00655. The van der Waals surface area contributed by atoms with Crippen LogP contribution < -0.4 is 4.90 Å². The molecule has 2 aromatic heterocycles. The highest BCUT2D eigenvalue weighted by Gasteiger charge is 2.25. The van der Waals surface area contributed by atoms with Crippen LogP contribution in [0.4, 0.5) is 5.82 Å². The standard InChI is InChI=1S/C21H26N6O/c1-15-12-19(24-26(15)3)21(28)25(2)13-16-8-10-27(11-9-16)20-17-6-4-5-7-18(17)22-14-23-20/h4-7,12,14,16H,8-11,13H2,1-3H3. The fourth-order valence-corrected chi connectivity index (χ4v) is 3.90. The van der Waals surface area contributed by atoms with Crippen LogP contribution in [0.1, 0.15) is 29.0 Å². The summed E-state index contributed by atoms with van der Waals surface area (Å²) in [6.45, 7) is 4.59. The first kappa shape index (κ1) is 18.4. The molecule has 0 saturated carbocycles. The van der Waals surface area contributed by atoms with Crippen LogP contribution in [0.2, 0.25) is 0 Å². The van der Waals surface area contributed by atoms with Gasteiger partial charge < -0.3 is 9.80 Å². The number of piperidine rings is 1. The number of rotatable bonds is 4. The van der Waals surface area contributed by atoms with Crippen molar-refractivity contribution in [1.29, 1.82) is 0 Å². The Balaban J connectivity index is 1.38. The molecule has 1 aliphatic rings. The highest BCUT2D eigenvalue weighted by Crippen LogP contribution is 2.27. The molecule has 0 unspecified atom stereocenters. The third-order valence-corrected chi connectivity index (χ3v) is 5.65. The third-order valence-electron chi connectivity index (χ3n) is 5.65. The van der Waals surface area contributed by atoms with Crippen LogP contribution in [0.3, 0.4) is 0 Å². The molecular weight excluding hydrogens is 352 g/mol. The quantitative estimate of drug-likeness (QED) is 0.698. The molecule has 28 heavy (non-hydrogen) atoms.